The first-order valence-electron chi connectivity index (χ1n) is 13.3. The molecule has 0 spiro atoms. The molecule has 4 aliphatic rings. The van der Waals surface area contributed by atoms with Gasteiger partial charge in [0, 0.05) is 59.0 Å². The number of nitrogens with zero attached hydrogens (tertiary/aromatic N) is 6. The minimum Gasteiger partial charge on any atom is -0.434 e. The van der Waals surface area contributed by atoms with Crippen LogP contribution in [-0.4, -0.2) is 47.8 Å². The van der Waals surface area contributed by atoms with E-state index in [0.717, 1.165) is 54.6 Å². The Balaban J connectivity index is 1.28. The summed E-state index contributed by atoms with van der Waals surface area (Å²) in [6.45, 7) is -3.00. The lowest BCUT2D eigenvalue weighted by Gasteiger charge is -2.36. The van der Waals surface area contributed by atoms with Gasteiger partial charge in [-0.25, -0.2) is 19.9 Å². The Morgan fingerprint density at radius 3 is 2.54 bits per heavy atom. The molecule has 0 saturated heterocycles. The van der Waals surface area contributed by atoms with Gasteiger partial charge < -0.3 is 15.4 Å². The van der Waals surface area contributed by atoms with Gasteiger partial charge in [-0.05, 0) is 50.7 Å². The zero-order valence-corrected chi connectivity index (χ0v) is 20.9. The highest BCUT2D eigenvalue weighted by Gasteiger charge is 2.51. The van der Waals surface area contributed by atoms with Crippen LogP contribution >= 0.6 is 0 Å². The largest absolute Gasteiger partial charge is 0.434 e. The van der Waals surface area contributed by atoms with Crippen LogP contribution in [0.25, 0.3) is 16.9 Å². The fourth-order valence-electron chi connectivity index (χ4n) is 6.51. The number of hydrogen-bond donors (Lipinski definition) is 1. The standard InChI is InChI=1S/C28H25F2N7O2/c29-26(30)39-20-4-1-3-17-21(20)18-9-19(37(24(17)38)16-5-6-16)22-23(18)36-13-15(12-34-27(36)35-22)14-10-32-25(33-11-14)28(31)7-2-8-28/h1,3-4,10-13,16,18-19,26H,2,5-9,31H2. The van der Waals surface area contributed by atoms with Crippen LogP contribution in [0, 0.1) is 0 Å². The maximum absolute atomic E-state index is 13.7. The number of fused-ring (bicyclic) bond motifs is 9. The van der Waals surface area contributed by atoms with Gasteiger partial charge in [0.15, 0.2) is 0 Å². The van der Waals surface area contributed by atoms with E-state index in [1.54, 1.807) is 30.7 Å². The molecule has 8 rings (SSSR count). The fourth-order valence-corrected chi connectivity index (χ4v) is 6.51. The molecule has 4 aromatic rings. The number of carbonyl (C=O) groups is 1. The molecule has 1 aromatic carbocycles. The van der Waals surface area contributed by atoms with E-state index in [4.69, 9.17) is 15.5 Å². The van der Waals surface area contributed by atoms with Gasteiger partial charge in [-0.1, -0.05) is 6.07 Å². The number of alkyl halides is 2. The third-order valence-electron chi connectivity index (χ3n) is 8.70. The first-order valence-corrected chi connectivity index (χ1v) is 13.3. The Morgan fingerprint density at radius 2 is 1.85 bits per heavy atom. The molecule has 198 valence electrons. The molecule has 9 nitrogen and oxygen atoms in total. The third kappa shape index (κ3) is 3.35. The van der Waals surface area contributed by atoms with Crippen molar-refractivity contribution in [1.82, 2.24) is 29.2 Å². The number of aromatic nitrogens is 5. The average Bonchev–Trinajstić information content (AvgIpc) is 3.61. The average molecular weight is 530 g/mol. The molecule has 2 bridgehead atoms. The summed E-state index contributed by atoms with van der Waals surface area (Å²) in [7, 11) is 0. The van der Waals surface area contributed by atoms with Crippen molar-refractivity contribution in [2.45, 2.75) is 68.7 Å². The van der Waals surface area contributed by atoms with Gasteiger partial charge >= 0.3 is 6.61 Å². The van der Waals surface area contributed by atoms with Crippen molar-refractivity contribution >= 4 is 11.7 Å². The summed E-state index contributed by atoms with van der Waals surface area (Å²) < 4.78 is 33.7. The molecule has 2 saturated carbocycles. The second kappa shape index (κ2) is 8.01. The van der Waals surface area contributed by atoms with Crippen molar-refractivity contribution in [3.8, 4) is 16.9 Å². The highest BCUT2D eigenvalue weighted by atomic mass is 19.3. The molecule has 1 aliphatic heterocycles. The summed E-state index contributed by atoms with van der Waals surface area (Å²) in [5, 5.41) is 0. The number of ether oxygens (including phenoxy) is 1. The van der Waals surface area contributed by atoms with Crippen LogP contribution in [-0.2, 0) is 5.54 Å². The van der Waals surface area contributed by atoms with Gasteiger partial charge in [0.1, 0.15) is 11.6 Å². The van der Waals surface area contributed by atoms with Crippen LogP contribution < -0.4 is 10.5 Å². The third-order valence-corrected chi connectivity index (χ3v) is 8.70. The minimum absolute atomic E-state index is 0.0276. The number of benzene rings is 1. The molecule has 3 aromatic heterocycles. The van der Waals surface area contributed by atoms with E-state index in [1.165, 1.54) is 6.07 Å². The maximum atomic E-state index is 13.7. The summed E-state index contributed by atoms with van der Waals surface area (Å²) in [5.41, 5.74) is 10.0. The zero-order chi connectivity index (χ0) is 26.5. The molecule has 2 fully saturated rings. The fraction of sp³-hybridized carbons (Fsp3) is 0.393. The van der Waals surface area contributed by atoms with Crippen molar-refractivity contribution in [2.24, 2.45) is 5.73 Å². The summed E-state index contributed by atoms with van der Waals surface area (Å²) in [6.07, 6.45) is 12.4. The second-order valence-electron chi connectivity index (χ2n) is 11.0. The smallest absolute Gasteiger partial charge is 0.387 e. The number of hydrogen-bond acceptors (Lipinski definition) is 7. The lowest BCUT2D eigenvalue weighted by atomic mass is 9.77. The first-order chi connectivity index (χ1) is 18.9. The van der Waals surface area contributed by atoms with E-state index in [1.807, 2.05) is 15.5 Å². The number of halogens is 2. The van der Waals surface area contributed by atoms with Crippen molar-refractivity contribution in [3.05, 3.63) is 71.3 Å². The van der Waals surface area contributed by atoms with E-state index in [9.17, 15) is 13.6 Å². The van der Waals surface area contributed by atoms with Crippen molar-refractivity contribution < 1.29 is 18.3 Å². The molecule has 2 N–H and O–H groups in total. The highest BCUT2D eigenvalue weighted by Crippen LogP contribution is 2.55. The molecule has 39 heavy (non-hydrogen) atoms. The second-order valence-corrected chi connectivity index (χ2v) is 11.0. The van der Waals surface area contributed by atoms with Crippen LogP contribution in [0.1, 0.15) is 83.6 Å². The summed E-state index contributed by atoms with van der Waals surface area (Å²) in [6, 6.07) is 4.69. The normalized spacial score (nSPS) is 23.0. The molecule has 11 heteroatoms. The van der Waals surface area contributed by atoms with E-state index in [0.29, 0.717) is 29.1 Å². The number of nitrogens with two attached hydrogens (primary N) is 1. The van der Waals surface area contributed by atoms with Crippen molar-refractivity contribution in [2.75, 3.05) is 0 Å². The van der Waals surface area contributed by atoms with Crippen molar-refractivity contribution in [3.63, 3.8) is 0 Å². The predicted octanol–water partition coefficient (Wildman–Crippen LogP) is 4.32. The molecule has 2 atom stereocenters. The quantitative estimate of drug-likeness (QED) is 0.410. The molecule has 4 heterocycles. The van der Waals surface area contributed by atoms with Gasteiger partial charge in [-0.3, -0.25) is 9.20 Å². The number of carbonyl (C=O) groups excluding carboxylic acids is 1. The Labute approximate surface area is 222 Å². The molecular weight excluding hydrogens is 504 g/mol. The zero-order valence-electron chi connectivity index (χ0n) is 20.9. The monoisotopic (exact) mass is 529 g/mol. The molecule has 0 radical (unpaired) electrons. The van der Waals surface area contributed by atoms with Crippen LogP contribution in [0.15, 0.2) is 43.0 Å². The number of imidazole rings is 1. The summed E-state index contributed by atoms with van der Waals surface area (Å²) in [4.78, 5) is 34.2. The van der Waals surface area contributed by atoms with Gasteiger partial charge in [-0.2, -0.15) is 8.78 Å². The van der Waals surface area contributed by atoms with E-state index in [-0.39, 0.29) is 29.7 Å². The molecule has 3 aliphatic carbocycles. The maximum Gasteiger partial charge on any atom is 0.387 e. The Kier molecular flexibility index (Phi) is 4.71. The molecular formula is C28H25F2N7O2. The van der Waals surface area contributed by atoms with Crippen molar-refractivity contribution in [1.29, 1.82) is 0 Å². The lowest BCUT2D eigenvalue weighted by molar-refractivity contribution is -0.0506. The minimum atomic E-state index is -3.00. The highest BCUT2D eigenvalue weighted by molar-refractivity contribution is 5.98. The van der Waals surface area contributed by atoms with Crippen LogP contribution in [0.3, 0.4) is 0 Å². The first kappa shape index (κ1) is 22.9. The topological polar surface area (TPSA) is 112 Å². The number of amides is 1. The van der Waals surface area contributed by atoms with Crippen LogP contribution in [0.2, 0.25) is 0 Å². The van der Waals surface area contributed by atoms with E-state index >= 15 is 0 Å². The van der Waals surface area contributed by atoms with E-state index < -0.39 is 12.2 Å². The van der Waals surface area contributed by atoms with Crippen LogP contribution in [0.4, 0.5) is 8.78 Å². The molecule has 2 unspecified atom stereocenters. The Hall–Kier alpha value is -3.99. The van der Waals surface area contributed by atoms with Gasteiger partial charge in [0.05, 0.1) is 23.0 Å². The Bertz CT molecular complexity index is 1650. The molecule has 1 amide bonds. The number of rotatable bonds is 5. The van der Waals surface area contributed by atoms with Gasteiger partial charge in [0.25, 0.3) is 5.91 Å². The van der Waals surface area contributed by atoms with Gasteiger partial charge in [0.2, 0.25) is 5.78 Å². The predicted molar refractivity (Wildman–Crippen MR) is 135 cm³/mol. The Morgan fingerprint density at radius 1 is 1.08 bits per heavy atom. The lowest BCUT2D eigenvalue weighted by Crippen LogP contribution is -2.44. The van der Waals surface area contributed by atoms with Gasteiger partial charge in [-0.15, -0.1) is 0 Å². The summed E-state index contributed by atoms with van der Waals surface area (Å²) in [5.74, 6) is 0.653. The summed E-state index contributed by atoms with van der Waals surface area (Å²) >= 11 is 0. The SMILES string of the molecule is NC1(c2ncc(-c3cnc4nc5c(n4c3)C3CC5N(C4CC4)C(=O)c4cccc(OC(F)F)c43)cn2)CCC1. The van der Waals surface area contributed by atoms with Crippen LogP contribution in [0.5, 0.6) is 5.75 Å². The van der Waals surface area contributed by atoms with E-state index in [2.05, 4.69) is 15.0 Å².